The molecular weight excluding hydrogens is 823 g/mol. The molecule has 3 heteroatoms. The minimum Gasteiger partial charge on any atom is -0.311 e. The Morgan fingerprint density at radius 1 is 0.368 bits per heavy atom. The van der Waals surface area contributed by atoms with Crippen LogP contribution in [-0.4, -0.2) is 4.57 Å². The van der Waals surface area contributed by atoms with Crippen molar-refractivity contribution in [2.45, 2.75) is 19.3 Å². The molecule has 0 fully saturated rings. The number of benzene rings is 10. The molecule has 0 N–H and O–H groups in total. The molecule has 324 valence electrons. The SMILES string of the molecule is CC1(C)c2cc(-c3ccc(N(c4ccccc4)c4ccccc4)cc3)ccc2-c2ccc3c4cc(/C=C/c5ccc(N(c6ccccc6)c6ccccc6)cc5)ccc4n(-c4ccccc4)c3c21. The van der Waals surface area contributed by atoms with Crippen LogP contribution in [0.2, 0.25) is 0 Å². The molecule has 11 aromatic rings. The summed E-state index contributed by atoms with van der Waals surface area (Å²) in [5, 5.41) is 2.51. The van der Waals surface area contributed by atoms with Crippen molar-refractivity contribution in [3.05, 3.63) is 271 Å². The second kappa shape index (κ2) is 17.0. The zero-order chi connectivity index (χ0) is 45.6. The van der Waals surface area contributed by atoms with Crippen molar-refractivity contribution in [1.82, 2.24) is 4.57 Å². The van der Waals surface area contributed by atoms with Gasteiger partial charge in [0, 0.05) is 56.0 Å². The fourth-order valence-electron chi connectivity index (χ4n) is 10.5. The largest absolute Gasteiger partial charge is 0.311 e. The van der Waals surface area contributed by atoms with Crippen molar-refractivity contribution < 1.29 is 0 Å². The minimum absolute atomic E-state index is 0.260. The van der Waals surface area contributed by atoms with Gasteiger partial charge in [0.25, 0.3) is 0 Å². The Kier molecular flexibility index (Phi) is 10.2. The topological polar surface area (TPSA) is 11.4 Å². The number of nitrogens with zero attached hydrogens (tertiary/aromatic N) is 3. The summed E-state index contributed by atoms with van der Waals surface area (Å²) < 4.78 is 2.50. The lowest BCUT2D eigenvalue weighted by Crippen LogP contribution is -2.16. The smallest absolute Gasteiger partial charge is 0.0588 e. The van der Waals surface area contributed by atoms with E-state index in [1.54, 1.807) is 0 Å². The van der Waals surface area contributed by atoms with Crippen LogP contribution < -0.4 is 9.80 Å². The number of fused-ring (bicyclic) bond motifs is 7. The molecule has 0 spiro atoms. The summed E-state index contributed by atoms with van der Waals surface area (Å²) in [5.74, 6) is 0. The van der Waals surface area contributed by atoms with E-state index in [2.05, 4.69) is 289 Å². The summed E-state index contributed by atoms with van der Waals surface area (Å²) in [4.78, 5) is 4.61. The number of hydrogen-bond acceptors (Lipinski definition) is 2. The third kappa shape index (κ3) is 7.17. The Hall–Kier alpha value is -8.66. The monoisotopic (exact) mass is 871 g/mol. The van der Waals surface area contributed by atoms with E-state index in [0.717, 1.165) is 45.4 Å². The lowest BCUT2D eigenvalue weighted by molar-refractivity contribution is 0.664. The van der Waals surface area contributed by atoms with Gasteiger partial charge in [0.1, 0.15) is 0 Å². The van der Waals surface area contributed by atoms with E-state index >= 15 is 0 Å². The van der Waals surface area contributed by atoms with E-state index in [1.165, 1.54) is 60.8 Å². The van der Waals surface area contributed by atoms with Gasteiger partial charge in [-0.25, -0.2) is 0 Å². The third-order valence-corrected chi connectivity index (χ3v) is 13.7. The molecule has 0 bridgehead atoms. The van der Waals surface area contributed by atoms with Crippen LogP contribution in [0.3, 0.4) is 0 Å². The molecule has 1 aliphatic rings. The van der Waals surface area contributed by atoms with Gasteiger partial charge in [0.2, 0.25) is 0 Å². The molecule has 10 aromatic carbocycles. The third-order valence-electron chi connectivity index (χ3n) is 13.7. The molecule has 12 rings (SSSR count). The van der Waals surface area contributed by atoms with Gasteiger partial charge >= 0.3 is 0 Å². The first-order valence-corrected chi connectivity index (χ1v) is 23.5. The van der Waals surface area contributed by atoms with Crippen molar-refractivity contribution in [1.29, 1.82) is 0 Å². The molecule has 1 aromatic heterocycles. The van der Waals surface area contributed by atoms with Gasteiger partial charge in [-0.15, -0.1) is 0 Å². The van der Waals surface area contributed by atoms with Gasteiger partial charge in [-0.2, -0.15) is 0 Å². The average Bonchev–Trinajstić information content (AvgIpc) is 3.85. The Morgan fingerprint density at radius 3 is 1.35 bits per heavy atom. The summed E-state index contributed by atoms with van der Waals surface area (Å²) in [6, 6.07) is 89.8. The molecule has 1 heterocycles. The fourth-order valence-corrected chi connectivity index (χ4v) is 10.5. The molecule has 0 radical (unpaired) electrons. The van der Waals surface area contributed by atoms with Crippen LogP contribution in [0, 0.1) is 0 Å². The van der Waals surface area contributed by atoms with Crippen molar-refractivity contribution >= 4 is 68.1 Å². The van der Waals surface area contributed by atoms with Crippen LogP contribution in [0.5, 0.6) is 0 Å². The Bertz CT molecular complexity index is 3520. The van der Waals surface area contributed by atoms with Crippen LogP contribution in [0.15, 0.2) is 249 Å². The average molecular weight is 872 g/mol. The summed E-state index contributed by atoms with van der Waals surface area (Å²) in [7, 11) is 0. The van der Waals surface area contributed by atoms with E-state index in [-0.39, 0.29) is 5.41 Å². The number of aromatic nitrogens is 1. The van der Waals surface area contributed by atoms with Crippen molar-refractivity contribution in [3.63, 3.8) is 0 Å². The maximum atomic E-state index is 2.50. The van der Waals surface area contributed by atoms with Crippen LogP contribution in [0.4, 0.5) is 34.1 Å². The van der Waals surface area contributed by atoms with Crippen molar-refractivity contribution in [2.75, 3.05) is 9.80 Å². The molecule has 0 atom stereocenters. The molecule has 0 aliphatic heterocycles. The highest BCUT2D eigenvalue weighted by atomic mass is 15.1. The van der Waals surface area contributed by atoms with E-state index in [0.29, 0.717) is 0 Å². The van der Waals surface area contributed by atoms with E-state index in [1.807, 2.05) is 0 Å². The van der Waals surface area contributed by atoms with E-state index in [9.17, 15) is 0 Å². The Morgan fingerprint density at radius 2 is 0.809 bits per heavy atom. The molecule has 0 saturated heterocycles. The van der Waals surface area contributed by atoms with E-state index in [4.69, 9.17) is 0 Å². The first-order chi connectivity index (χ1) is 33.5. The van der Waals surface area contributed by atoms with E-state index < -0.39 is 0 Å². The molecule has 1 aliphatic carbocycles. The highest BCUT2D eigenvalue weighted by molar-refractivity contribution is 6.13. The zero-order valence-electron chi connectivity index (χ0n) is 38.2. The van der Waals surface area contributed by atoms with Gasteiger partial charge in [-0.1, -0.05) is 172 Å². The molecule has 0 saturated carbocycles. The normalized spacial score (nSPS) is 12.6. The van der Waals surface area contributed by atoms with Crippen LogP contribution in [0.1, 0.15) is 36.1 Å². The van der Waals surface area contributed by atoms with Crippen molar-refractivity contribution in [2.24, 2.45) is 0 Å². The lowest BCUT2D eigenvalue weighted by Gasteiger charge is -2.26. The van der Waals surface area contributed by atoms with Crippen LogP contribution >= 0.6 is 0 Å². The highest BCUT2D eigenvalue weighted by Crippen LogP contribution is 2.54. The lowest BCUT2D eigenvalue weighted by atomic mass is 9.80. The maximum absolute atomic E-state index is 2.50. The number of rotatable bonds is 10. The standard InChI is InChI=1S/C65H49N3/c1-65(2)61-45-49(48-33-38-56(39-34-48)67(52-22-12-5-13-23-52)53-24-14-6-15-25-53)35-40-57(61)58-41-42-59-60-44-47(32-43-62(60)68(64(59)63(58)65)54-26-16-7-17-27-54)29-28-46-30-36-55(37-31-46)66(50-18-8-3-9-19-50)51-20-10-4-11-21-51/h3-45H,1-2H3/b29-28+. The first-order valence-electron chi connectivity index (χ1n) is 23.5. The quantitative estimate of drug-likeness (QED) is 0.127. The second-order valence-electron chi connectivity index (χ2n) is 18.2. The molecule has 0 amide bonds. The first kappa shape index (κ1) is 40.8. The van der Waals surface area contributed by atoms with Gasteiger partial charge < -0.3 is 14.4 Å². The van der Waals surface area contributed by atoms with Gasteiger partial charge in [0.05, 0.1) is 11.0 Å². The molecule has 3 nitrogen and oxygen atoms in total. The zero-order valence-corrected chi connectivity index (χ0v) is 38.2. The number of anilines is 6. The van der Waals surface area contributed by atoms with Crippen LogP contribution in [0.25, 0.3) is 61.9 Å². The predicted molar refractivity (Wildman–Crippen MR) is 289 cm³/mol. The number of hydrogen-bond donors (Lipinski definition) is 0. The Labute approximate surface area is 398 Å². The summed E-state index contributed by atoms with van der Waals surface area (Å²) >= 11 is 0. The second-order valence-corrected chi connectivity index (χ2v) is 18.2. The summed E-state index contributed by atoms with van der Waals surface area (Å²) in [6.07, 6.45) is 4.47. The minimum atomic E-state index is -0.260. The van der Waals surface area contributed by atoms with Gasteiger partial charge in [-0.05, 0) is 148 Å². The van der Waals surface area contributed by atoms with Crippen molar-refractivity contribution in [3.8, 4) is 27.9 Å². The van der Waals surface area contributed by atoms with Gasteiger partial charge in [-0.3, -0.25) is 0 Å². The Balaban J connectivity index is 0.896. The molecule has 68 heavy (non-hydrogen) atoms. The predicted octanol–water partition coefficient (Wildman–Crippen LogP) is 17.9. The molecular formula is C65H49N3. The van der Waals surface area contributed by atoms with Gasteiger partial charge in [0.15, 0.2) is 0 Å². The fraction of sp³-hybridized carbons (Fsp3) is 0.0462. The number of para-hydroxylation sites is 5. The molecule has 0 unspecified atom stereocenters. The summed E-state index contributed by atoms with van der Waals surface area (Å²) in [5.41, 5.74) is 20.2. The maximum Gasteiger partial charge on any atom is 0.0588 e. The van der Waals surface area contributed by atoms with Crippen LogP contribution in [-0.2, 0) is 5.41 Å². The summed E-state index contributed by atoms with van der Waals surface area (Å²) in [6.45, 7) is 4.82. The highest BCUT2D eigenvalue weighted by Gasteiger charge is 2.39.